The van der Waals surface area contributed by atoms with Gasteiger partial charge in [0.15, 0.2) is 0 Å². The number of benzene rings is 4. The maximum absolute atomic E-state index is 5.83. The van der Waals surface area contributed by atoms with Gasteiger partial charge in [0.1, 0.15) is 24.7 Å². The van der Waals surface area contributed by atoms with Crippen molar-refractivity contribution in [3.8, 4) is 11.5 Å². The Bertz CT molecular complexity index is 1510. The molecule has 0 bridgehead atoms. The van der Waals surface area contributed by atoms with Crippen LogP contribution in [0, 0.1) is 5.92 Å². The normalized spacial score (nSPS) is 18.3. The number of rotatable bonds is 8. The molecular weight excluding hydrogens is 452 g/mol. The summed E-state index contributed by atoms with van der Waals surface area (Å²) in [6.07, 6.45) is 8.49. The minimum atomic E-state index is -0.362. The van der Waals surface area contributed by atoms with Gasteiger partial charge >= 0.3 is 0 Å². The van der Waals surface area contributed by atoms with Crippen LogP contribution in [0.15, 0.2) is 122 Å². The number of fused-ring (bicyclic) bond motifs is 4. The molecule has 0 aliphatic heterocycles. The maximum atomic E-state index is 5.83. The highest BCUT2D eigenvalue weighted by Crippen LogP contribution is 2.59. The lowest BCUT2D eigenvalue weighted by atomic mass is 9.63. The van der Waals surface area contributed by atoms with Crippen LogP contribution < -0.4 is 19.9 Å². The Hall–Kier alpha value is -4.30. The van der Waals surface area contributed by atoms with Gasteiger partial charge in [-0.1, -0.05) is 110 Å². The predicted octanol–water partition coefficient (Wildman–Crippen LogP) is 6.14. The van der Waals surface area contributed by atoms with E-state index in [0.29, 0.717) is 13.2 Å². The number of hydrogen-bond donors (Lipinski definition) is 0. The molecule has 6 rings (SSSR count). The molecule has 4 aromatic rings. The van der Waals surface area contributed by atoms with Crippen LogP contribution in [0.3, 0.4) is 0 Å². The highest BCUT2D eigenvalue weighted by atomic mass is 16.5. The molecule has 0 heterocycles. The summed E-state index contributed by atoms with van der Waals surface area (Å²) >= 11 is 0. The molecule has 37 heavy (non-hydrogen) atoms. The first-order chi connectivity index (χ1) is 18.3. The second-order valence-corrected chi connectivity index (χ2v) is 9.66. The fourth-order valence-corrected chi connectivity index (χ4v) is 6.21. The van der Waals surface area contributed by atoms with Gasteiger partial charge < -0.3 is 9.47 Å². The van der Waals surface area contributed by atoms with Gasteiger partial charge in [0.2, 0.25) is 0 Å². The van der Waals surface area contributed by atoms with Gasteiger partial charge in [-0.3, -0.25) is 0 Å². The Labute approximate surface area is 218 Å². The lowest BCUT2D eigenvalue weighted by Gasteiger charge is -2.39. The molecule has 2 heteroatoms. The van der Waals surface area contributed by atoms with Crippen molar-refractivity contribution in [2.75, 3.05) is 13.2 Å². The third kappa shape index (κ3) is 3.81. The van der Waals surface area contributed by atoms with Crippen LogP contribution >= 0.6 is 0 Å². The van der Waals surface area contributed by atoms with Crippen LogP contribution in [0.5, 0.6) is 11.5 Å². The zero-order valence-corrected chi connectivity index (χ0v) is 20.8. The Morgan fingerprint density at radius 3 is 1.70 bits per heavy atom. The summed E-state index contributed by atoms with van der Waals surface area (Å²) in [6, 6.07) is 34.9. The third-order valence-corrected chi connectivity index (χ3v) is 7.70. The summed E-state index contributed by atoms with van der Waals surface area (Å²) in [5, 5.41) is 2.59. The SMILES string of the molecule is C=CCOc1ccc(C2(c3ccc(OCC=C)cc3)c3ccccc3C3C=c4ccccc4=CC32)cc1. The summed E-state index contributed by atoms with van der Waals surface area (Å²) in [5.41, 5.74) is 4.88. The first-order valence-electron chi connectivity index (χ1n) is 12.8. The minimum absolute atomic E-state index is 0.222. The van der Waals surface area contributed by atoms with E-state index in [1.807, 2.05) is 0 Å². The Morgan fingerprint density at radius 1 is 0.622 bits per heavy atom. The Balaban J connectivity index is 1.60. The van der Waals surface area contributed by atoms with Crippen LogP contribution in [0.2, 0.25) is 0 Å². The molecule has 0 radical (unpaired) electrons. The number of hydrogen-bond acceptors (Lipinski definition) is 2. The van der Waals surface area contributed by atoms with E-state index < -0.39 is 0 Å². The van der Waals surface area contributed by atoms with Crippen molar-refractivity contribution in [3.63, 3.8) is 0 Å². The van der Waals surface area contributed by atoms with Gasteiger partial charge in [-0.15, -0.1) is 0 Å². The van der Waals surface area contributed by atoms with E-state index in [0.717, 1.165) is 11.5 Å². The Kier molecular flexibility index (Phi) is 6.02. The molecule has 4 aromatic carbocycles. The monoisotopic (exact) mass is 482 g/mol. The topological polar surface area (TPSA) is 18.5 Å². The highest BCUT2D eigenvalue weighted by Gasteiger charge is 2.53. The summed E-state index contributed by atoms with van der Waals surface area (Å²) in [5.74, 6) is 2.19. The predicted molar refractivity (Wildman–Crippen MR) is 151 cm³/mol. The van der Waals surface area contributed by atoms with E-state index in [4.69, 9.17) is 9.47 Å². The summed E-state index contributed by atoms with van der Waals surface area (Å²) in [7, 11) is 0. The van der Waals surface area contributed by atoms with E-state index in [2.05, 4.69) is 122 Å². The van der Waals surface area contributed by atoms with E-state index in [9.17, 15) is 0 Å². The lowest BCUT2D eigenvalue weighted by Crippen LogP contribution is -2.39. The molecule has 2 aliphatic rings. The largest absolute Gasteiger partial charge is 0.490 e. The standard InChI is InChI=1S/C35H30O2/c1-3-21-36-29-17-13-27(14-18-29)35(28-15-19-30(20-16-28)37-22-4-2)33-12-8-7-11-31(33)32-23-25-9-5-6-10-26(25)24-34(32)35/h3-20,23-24,32,34H,1-2,21-22H2. The molecule has 0 amide bonds. The molecule has 0 aromatic heterocycles. The van der Waals surface area contributed by atoms with Crippen LogP contribution in [0.25, 0.3) is 12.2 Å². The van der Waals surface area contributed by atoms with Gasteiger partial charge in [-0.05, 0) is 57.0 Å². The molecule has 2 atom stereocenters. The molecule has 182 valence electrons. The second kappa shape index (κ2) is 9.63. The van der Waals surface area contributed by atoms with Crippen molar-refractivity contribution in [1.82, 2.24) is 0 Å². The van der Waals surface area contributed by atoms with Crippen molar-refractivity contribution in [2.45, 2.75) is 11.3 Å². The molecular formula is C35H30O2. The van der Waals surface area contributed by atoms with E-state index >= 15 is 0 Å². The molecule has 2 aliphatic carbocycles. The zero-order valence-electron chi connectivity index (χ0n) is 20.8. The van der Waals surface area contributed by atoms with Crippen molar-refractivity contribution < 1.29 is 9.47 Å². The van der Waals surface area contributed by atoms with Gasteiger partial charge in [0.25, 0.3) is 0 Å². The fourth-order valence-electron chi connectivity index (χ4n) is 6.21. The molecule has 2 nitrogen and oxygen atoms in total. The highest BCUT2D eigenvalue weighted by molar-refractivity contribution is 5.69. The van der Waals surface area contributed by atoms with Gasteiger partial charge in [-0.25, -0.2) is 0 Å². The molecule has 0 N–H and O–H groups in total. The van der Waals surface area contributed by atoms with Crippen LogP contribution in [0.4, 0.5) is 0 Å². The van der Waals surface area contributed by atoms with Gasteiger partial charge in [0, 0.05) is 11.8 Å². The summed E-state index contributed by atoms with van der Waals surface area (Å²) in [6.45, 7) is 8.53. The van der Waals surface area contributed by atoms with E-state index in [1.165, 1.54) is 32.7 Å². The van der Waals surface area contributed by atoms with Crippen LogP contribution in [0.1, 0.15) is 28.2 Å². The average molecular weight is 483 g/mol. The van der Waals surface area contributed by atoms with Crippen molar-refractivity contribution in [1.29, 1.82) is 0 Å². The second-order valence-electron chi connectivity index (χ2n) is 9.66. The first-order valence-corrected chi connectivity index (χ1v) is 12.8. The van der Waals surface area contributed by atoms with Gasteiger partial charge in [0.05, 0.1) is 5.41 Å². The minimum Gasteiger partial charge on any atom is -0.490 e. The average Bonchev–Trinajstić information content (AvgIpc) is 3.24. The quantitative estimate of drug-likeness (QED) is 0.281. The Morgan fingerprint density at radius 2 is 1.14 bits per heavy atom. The summed E-state index contributed by atoms with van der Waals surface area (Å²) < 4.78 is 11.7. The lowest BCUT2D eigenvalue weighted by molar-refractivity contribution is 0.362. The van der Waals surface area contributed by atoms with Crippen molar-refractivity contribution in [3.05, 3.63) is 155 Å². The van der Waals surface area contributed by atoms with E-state index in [-0.39, 0.29) is 17.3 Å². The number of ether oxygens (including phenoxy) is 2. The molecule has 0 saturated carbocycles. The van der Waals surface area contributed by atoms with Crippen LogP contribution in [-0.2, 0) is 5.41 Å². The fraction of sp³-hybridized carbons (Fsp3) is 0.143. The maximum Gasteiger partial charge on any atom is 0.119 e. The summed E-state index contributed by atoms with van der Waals surface area (Å²) in [4.78, 5) is 0. The van der Waals surface area contributed by atoms with Crippen molar-refractivity contribution in [2.24, 2.45) is 5.92 Å². The van der Waals surface area contributed by atoms with E-state index in [1.54, 1.807) is 12.2 Å². The molecule has 0 fully saturated rings. The molecule has 0 spiro atoms. The van der Waals surface area contributed by atoms with Crippen LogP contribution in [-0.4, -0.2) is 13.2 Å². The molecule has 0 saturated heterocycles. The smallest absolute Gasteiger partial charge is 0.119 e. The van der Waals surface area contributed by atoms with Gasteiger partial charge in [-0.2, -0.15) is 0 Å². The third-order valence-electron chi connectivity index (χ3n) is 7.70. The first kappa shape index (κ1) is 23.1. The van der Waals surface area contributed by atoms with Crippen molar-refractivity contribution >= 4 is 12.2 Å². The zero-order chi connectivity index (χ0) is 25.2. The molecule has 2 unspecified atom stereocenters.